The van der Waals surface area contributed by atoms with Gasteiger partial charge in [-0.15, -0.1) is 6.42 Å². The van der Waals surface area contributed by atoms with Gasteiger partial charge in [0.25, 0.3) is 5.91 Å². The number of ether oxygens (including phenoxy) is 1. The van der Waals surface area contributed by atoms with Crippen LogP contribution in [0.3, 0.4) is 0 Å². The largest absolute Gasteiger partial charge is 0.495 e. The van der Waals surface area contributed by atoms with Crippen molar-refractivity contribution in [3.05, 3.63) is 23.8 Å². The highest BCUT2D eigenvalue weighted by atomic mass is 19.4. The SMILES string of the molecule is C#CCNc1ccc(C(=O)NCC(F)(F)F)cc1OC. The van der Waals surface area contributed by atoms with E-state index in [-0.39, 0.29) is 12.1 Å². The number of hydrogen-bond acceptors (Lipinski definition) is 3. The minimum atomic E-state index is -4.45. The maximum Gasteiger partial charge on any atom is 0.405 e. The number of methoxy groups -OCH3 is 1. The van der Waals surface area contributed by atoms with Gasteiger partial charge in [0.2, 0.25) is 0 Å². The molecule has 0 saturated heterocycles. The van der Waals surface area contributed by atoms with Crippen LogP contribution in [0.1, 0.15) is 10.4 Å². The van der Waals surface area contributed by atoms with E-state index in [1.807, 2.05) is 0 Å². The normalized spacial score (nSPS) is 10.6. The van der Waals surface area contributed by atoms with Gasteiger partial charge in [-0.05, 0) is 18.2 Å². The summed E-state index contributed by atoms with van der Waals surface area (Å²) < 4.78 is 41.1. The monoisotopic (exact) mass is 286 g/mol. The molecular weight excluding hydrogens is 273 g/mol. The Kier molecular flexibility index (Phi) is 5.26. The van der Waals surface area contributed by atoms with Crippen molar-refractivity contribution in [2.75, 3.05) is 25.5 Å². The van der Waals surface area contributed by atoms with Crippen LogP contribution in [-0.2, 0) is 0 Å². The number of carbonyl (C=O) groups is 1. The molecule has 4 nitrogen and oxygen atoms in total. The van der Waals surface area contributed by atoms with E-state index in [0.29, 0.717) is 11.4 Å². The van der Waals surface area contributed by atoms with Crippen LogP contribution < -0.4 is 15.4 Å². The Labute approximate surface area is 114 Å². The summed E-state index contributed by atoms with van der Waals surface area (Å²) in [7, 11) is 1.38. The Hall–Kier alpha value is -2.36. The van der Waals surface area contributed by atoms with Crippen LogP contribution in [0.15, 0.2) is 18.2 Å². The van der Waals surface area contributed by atoms with Gasteiger partial charge in [-0.1, -0.05) is 5.92 Å². The molecule has 0 fully saturated rings. The third-order valence-electron chi connectivity index (χ3n) is 2.29. The second-order valence-electron chi connectivity index (χ2n) is 3.77. The molecule has 7 heteroatoms. The van der Waals surface area contributed by atoms with E-state index in [2.05, 4.69) is 11.2 Å². The second-order valence-corrected chi connectivity index (χ2v) is 3.77. The summed E-state index contributed by atoms with van der Waals surface area (Å²) in [5.74, 6) is 1.86. The maximum atomic E-state index is 12.0. The van der Waals surface area contributed by atoms with Crippen molar-refractivity contribution in [1.82, 2.24) is 5.32 Å². The molecule has 1 amide bonds. The Morgan fingerprint density at radius 3 is 2.70 bits per heavy atom. The maximum absolute atomic E-state index is 12.0. The van der Waals surface area contributed by atoms with E-state index in [9.17, 15) is 18.0 Å². The molecule has 0 spiro atoms. The second kappa shape index (κ2) is 6.70. The lowest BCUT2D eigenvalue weighted by Gasteiger charge is -2.12. The average Bonchev–Trinajstić information content (AvgIpc) is 2.41. The molecule has 0 aliphatic heterocycles. The highest BCUT2D eigenvalue weighted by Gasteiger charge is 2.28. The van der Waals surface area contributed by atoms with Gasteiger partial charge in [0.1, 0.15) is 12.3 Å². The predicted molar refractivity (Wildman–Crippen MR) is 68.7 cm³/mol. The number of alkyl halides is 3. The van der Waals surface area contributed by atoms with E-state index in [0.717, 1.165) is 0 Å². The quantitative estimate of drug-likeness (QED) is 0.814. The molecule has 108 valence electrons. The first-order chi connectivity index (χ1) is 9.37. The van der Waals surface area contributed by atoms with Gasteiger partial charge < -0.3 is 15.4 Å². The van der Waals surface area contributed by atoms with Crippen molar-refractivity contribution >= 4 is 11.6 Å². The van der Waals surface area contributed by atoms with Crippen molar-refractivity contribution in [3.8, 4) is 18.1 Å². The zero-order valence-electron chi connectivity index (χ0n) is 10.7. The van der Waals surface area contributed by atoms with Gasteiger partial charge in [-0.3, -0.25) is 4.79 Å². The van der Waals surface area contributed by atoms with Crippen molar-refractivity contribution < 1.29 is 22.7 Å². The van der Waals surface area contributed by atoms with E-state index < -0.39 is 18.6 Å². The number of carbonyl (C=O) groups excluding carboxylic acids is 1. The molecule has 0 unspecified atom stereocenters. The molecule has 20 heavy (non-hydrogen) atoms. The molecule has 2 N–H and O–H groups in total. The van der Waals surface area contributed by atoms with Gasteiger partial charge in [0.15, 0.2) is 0 Å². The lowest BCUT2D eigenvalue weighted by Crippen LogP contribution is -2.33. The number of benzene rings is 1. The molecule has 1 aromatic rings. The van der Waals surface area contributed by atoms with Gasteiger partial charge in [-0.2, -0.15) is 13.2 Å². The highest BCUT2D eigenvalue weighted by Crippen LogP contribution is 2.25. The molecule has 0 radical (unpaired) electrons. The molecule has 0 bridgehead atoms. The van der Waals surface area contributed by atoms with E-state index in [1.165, 1.54) is 25.3 Å². The van der Waals surface area contributed by atoms with Crippen LogP contribution in [0.4, 0.5) is 18.9 Å². The topological polar surface area (TPSA) is 50.4 Å². The zero-order valence-corrected chi connectivity index (χ0v) is 10.7. The van der Waals surface area contributed by atoms with Crippen LogP contribution in [0, 0.1) is 12.3 Å². The first-order valence-electron chi connectivity index (χ1n) is 5.57. The molecule has 0 atom stereocenters. The summed E-state index contributed by atoms with van der Waals surface area (Å²) in [5.41, 5.74) is 0.621. The van der Waals surface area contributed by atoms with Crippen LogP contribution in [0.5, 0.6) is 5.75 Å². The zero-order chi connectivity index (χ0) is 15.2. The first-order valence-corrected chi connectivity index (χ1v) is 5.57. The molecule has 1 rings (SSSR count). The third-order valence-corrected chi connectivity index (χ3v) is 2.29. The Morgan fingerprint density at radius 1 is 1.45 bits per heavy atom. The molecule has 0 aromatic heterocycles. The van der Waals surface area contributed by atoms with Gasteiger partial charge in [-0.25, -0.2) is 0 Å². The van der Waals surface area contributed by atoms with Crippen LogP contribution in [0.25, 0.3) is 0 Å². The minimum Gasteiger partial charge on any atom is -0.495 e. The Morgan fingerprint density at radius 2 is 2.15 bits per heavy atom. The van der Waals surface area contributed by atoms with Gasteiger partial charge in [0, 0.05) is 5.56 Å². The summed E-state index contributed by atoms with van der Waals surface area (Å²) >= 11 is 0. The molecule has 0 aliphatic rings. The summed E-state index contributed by atoms with van der Waals surface area (Å²) in [6.07, 6.45) is 0.652. The summed E-state index contributed by atoms with van der Waals surface area (Å²) in [4.78, 5) is 11.6. The van der Waals surface area contributed by atoms with E-state index >= 15 is 0 Å². The standard InChI is InChI=1S/C13H13F3N2O2/c1-3-6-17-10-5-4-9(7-11(10)20-2)12(19)18-8-13(14,15)16/h1,4-5,7,17H,6,8H2,2H3,(H,18,19). The van der Waals surface area contributed by atoms with Crippen LogP contribution >= 0.6 is 0 Å². The predicted octanol–water partition coefficient (Wildman–Crippen LogP) is 2.03. The summed E-state index contributed by atoms with van der Waals surface area (Å²) in [5, 5.41) is 4.64. The number of anilines is 1. The molecule has 0 saturated carbocycles. The van der Waals surface area contributed by atoms with Crippen molar-refractivity contribution in [2.24, 2.45) is 0 Å². The molecular formula is C13H13F3N2O2. The van der Waals surface area contributed by atoms with Gasteiger partial charge >= 0.3 is 6.18 Å². The minimum absolute atomic E-state index is 0.0670. The lowest BCUT2D eigenvalue weighted by atomic mass is 10.1. The highest BCUT2D eigenvalue weighted by molar-refractivity contribution is 5.95. The van der Waals surface area contributed by atoms with Crippen LogP contribution in [0.2, 0.25) is 0 Å². The fourth-order valence-corrected chi connectivity index (χ4v) is 1.41. The number of halogens is 3. The number of terminal acetylenes is 1. The lowest BCUT2D eigenvalue weighted by molar-refractivity contribution is -0.123. The molecule has 0 aliphatic carbocycles. The summed E-state index contributed by atoms with van der Waals surface area (Å²) in [6.45, 7) is -1.12. The number of amides is 1. The van der Waals surface area contributed by atoms with E-state index in [4.69, 9.17) is 11.2 Å². The average molecular weight is 286 g/mol. The van der Waals surface area contributed by atoms with Crippen LogP contribution in [-0.4, -0.2) is 32.3 Å². The van der Waals surface area contributed by atoms with Gasteiger partial charge in [0.05, 0.1) is 19.3 Å². The van der Waals surface area contributed by atoms with Crippen molar-refractivity contribution in [2.45, 2.75) is 6.18 Å². The fraction of sp³-hybridized carbons (Fsp3) is 0.308. The number of hydrogen-bond donors (Lipinski definition) is 2. The number of rotatable bonds is 5. The first kappa shape index (κ1) is 15.7. The third kappa shape index (κ3) is 4.72. The molecule has 0 heterocycles. The number of nitrogens with one attached hydrogen (secondary N) is 2. The van der Waals surface area contributed by atoms with E-state index in [1.54, 1.807) is 5.32 Å². The summed E-state index contributed by atoms with van der Waals surface area (Å²) in [6, 6.07) is 4.23. The smallest absolute Gasteiger partial charge is 0.405 e. The Balaban J connectivity index is 2.82. The Bertz CT molecular complexity index is 521. The van der Waals surface area contributed by atoms with Crippen molar-refractivity contribution in [3.63, 3.8) is 0 Å². The fourth-order valence-electron chi connectivity index (χ4n) is 1.41. The van der Waals surface area contributed by atoms with Crippen molar-refractivity contribution in [1.29, 1.82) is 0 Å². The molecule has 1 aromatic carbocycles.